The van der Waals surface area contributed by atoms with E-state index in [1.165, 1.54) is 12.0 Å². The van der Waals surface area contributed by atoms with Gasteiger partial charge in [-0.3, -0.25) is 4.79 Å². The molecule has 1 aromatic carbocycles. The minimum absolute atomic E-state index is 0. The van der Waals surface area contributed by atoms with Gasteiger partial charge in [-0.25, -0.2) is 0 Å². The SMILES string of the molecule is CN(C)C(CNC(=O)C1(N)CCCCC1)c1ccccc1.Cl.Cl. The van der Waals surface area contributed by atoms with Crippen molar-refractivity contribution in [2.75, 3.05) is 20.6 Å². The van der Waals surface area contributed by atoms with E-state index in [0.717, 1.165) is 25.7 Å². The van der Waals surface area contributed by atoms with E-state index in [-0.39, 0.29) is 36.8 Å². The van der Waals surface area contributed by atoms with Gasteiger partial charge in [-0.05, 0) is 32.5 Å². The van der Waals surface area contributed by atoms with Gasteiger partial charge in [0.15, 0.2) is 0 Å². The van der Waals surface area contributed by atoms with Crippen LogP contribution in [0.5, 0.6) is 0 Å². The Morgan fingerprint density at radius 3 is 2.26 bits per heavy atom. The molecule has 0 radical (unpaired) electrons. The van der Waals surface area contributed by atoms with E-state index in [0.29, 0.717) is 6.54 Å². The van der Waals surface area contributed by atoms with Gasteiger partial charge >= 0.3 is 0 Å². The molecule has 1 saturated carbocycles. The van der Waals surface area contributed by atoms with Crippen molar-refractivity contribution in [1.82, 2.24) is 10.2 Å². The van der Waals surface area contributed by atoms with Crippen molar-refractivity contribution < 1.29 is 4.79 Å². The topological polar surface area (TPSA) is 58.4 Å². The molecule has 0 spiro atoms. The molecule has 0 aliphatic heterocycles. The van der Waals surface area contributed by atoms with Crippen molar-refractivity contribution in [2.24, 2.45) is 5.73 Å². The summed E-state index contributed by atoms with van der Waals surface area (Å²) in [6, 6.07) is 10.4. The maximum absolute atomic E-state index is 12.4. The van der Waals surface area contributed by atoms with Crippen LogP contribution in [-0.2, 0) is 4.79 Å². The van der Waals surface area contributed by atoms with Crippen LogP contribution in [-0.4, -0.2) is 37.0 Å². The lowest BCUT2D eigenvalue weighted by atomic mass is 9.82. The second-order valence-corrected chi connectivity index (χ2v) is 6.32. The molecule has 1 unspecified atom stereocenters. The number of hydrogen-bond acceptors (Lipinski definition) is 3. The lowest BCUT2D eigenvalue weighted by molar-refractivity contribution is -0.127. The van der Waals surface area contributed by atoms with Crippen molar-refractivity contribution in [1.29, 1.82) is 0 Å². The molecule has 1 aromatic rings. The molecule has 132 valence electrons. The van der Waals surface area contributed by atoms with Crippen molar-refractivity contribution in [3.05, 3.63) is 35.9 Å². The van der Waals surface area contributed by atoms with Gasteiger partial charge in [0.25, 0.3) is 0 Å². The average Bonchev–Trinajstić information content (AvgIpc) is 2.48. The highest BCUT2D eigenvalue weighted by Gasteiger charge is 2.35. The molecule has 0 aromatic heterocycles. The van der Waals surface area contributed by atoms with Crippen LogP contribution in [0.1, 0.15) is 43.7 Å². The summed E-state index contributed by atoms with van der Waals surface area (Å²) in [6.07, 6.45) is 4.91. The number of nitrogens with one attached hydrogen (secondary N) is 1. The smallest absolute Gasteiger partial charge is 0.240 e. The molecule has 0 heterocycles. The van der Waals surface area contributed by atoms with Crippen molar-refractivity contribution in [3.8, 4) is 0 Å². The van der Waals surface area contributed by atoms with Gasteiger partial charge in [0.1, 0.15) is 0 Å². The Labute approximate surface area is 152 Å². The first kappa shape index (κ1) is 22.2. The largest absolute Gasteiger partial charge is 0.353 e. The van der Waals surface area contributed by atoms with Crippen LogP contribution in [0.2, 0.25) is 0 Å². The molecule has 1 amide bonds. The average molecular weight is 362 g/mol. The fraction of sp³-hybridized carbons (Fsp3) is 0.588. The Balaban J connectivity index is 0.00000242. The summed E-state index contributed by atoms with van der Waals surface area (Å²) in [5.74, 6) is 0.00461. The van der Waals surface area contributed by atoms with E-state index in [4.69, 9.17) is 5.73 Å². The second-order valence-electron chi connectivity index (χ2n) is 6.32. The molecule has 1 aliphatic rings. The molecule has 3 N–H and O–H groups in total. The molecule has 2 rings (SSSR count). The molecule has 1 fully saturated rings. The van der Waals surface area contributed by atoms with E-state index in [2.05, 4.69) is 22.3 Å². The maximum Gasteiger partial charge on any atom is 0.240 e. The van der Waals surface area contributed by atoms with Gasteiger partial charge in [0.2, 0.25) is 5.91 Å². The molecule has 1 aliphatic carbocycles. The predicted molar refractivity (Wildman–Crippen MR) is 100 cm³/mol. The summed E-state index contributed by atoms with van der Waals surface area (Å²) >= 11 is 0. The quantitative estimate of drug-likeness (QED) is 0.847. The third kappa shape index (κ3) is 5.96. The van der Waals surface area contributed by atoms with Crippen LogP contribution in [0.15, 0.2) is 30.3 Å². The van der Waals surface area contributed by atoms with Crippen LogP contribution >= 0.6 is 24.8 Å². The molecule has 0 saturated heterocycles. The van der Waals surface area contributed by atoms with Gasteiger partial charge in [-0.15, -0.1) is 24.8 Å². The van der Waals surface area contributed by atoms with Crippen LogP contribution < -0.4 is 11.1 Å². The number of carbonyl (C=O) groups is 1. The maximum atomic E-state index is 12.4. The highest BCUT2D eigenvalue weighted by molar-refractivity contribution is 5.86. The molecular formula is C17H29Cl2N3O. The first-order valence-electron chi connectivity index (χ1n) is 7.81. The Morgan fingerprint density at radius 2 is 1.74 bits per heavy atom. The predicted octanol–water partition coefficient (Wildman–Crippen LogP) is 2.91. The fourth-order valence-electron chi connectivity index (χ4n) is 3.05. The number of likely N-dealkylation sites (N-methyl/N-ethyl adjacent to an activating group) is 1. The van der Waals surface area contributed by atoms with Crippen LogP contribution in [0, 0.1) is 0 Å². The number of benzene rings is 1. The standard InChI is InChI=1S/C17H27N3O.2ClH/c1-20(2)15(14-9-5-3-6-10-14)13-19-16(21)17(18)11-7-4-8-12-17;;/h3,5-6,9-10,15H,4,7-8,11-13,18H2,1-2H3,(H,19,21);2*1H. The normalized spacial score (nSPS) is 17.6. The fourth-order valence-corrected chi connectivity index (χ4v) is 3.05. The van der Waals surface area contributed by atoms with Crippen molar-refractivity contribution >= 4 is 30.7 Å². The van der Waals surface area contributed by atoms with E-state index >= 15 is 0 Å². The highest BCUT2D eigenvalue weighted by Crippen LogP contribution is 2.26. The Bertz CT molecular complexity index is 462. The highest BCUT2D eigenvalue weighted by atomic mass is 35.5. The van der Waals surface area contributed by atoms with Crippen LogP contribution in [0.25, 0.3) is 0 Å². The molecule has 6 heteroatoms. The third-order valence-electron chi connectivity index (χ3n) is 4.46. The van der Waals surface area contributed by atoms with Crippen LogP contribution in [0.3, 0.4) is 0 Å². The van der Waals surface area contributed by atoms with E-state index in [1.54, 1.807) is 0 Å². The third-order valence-corrected chi connectivity index (χ3v) is 4.46. The minimum Gasteiger partial charge on any atom is -0.353 e. The Hall–Kier alpha value is -0.810. The number of halogens is 2. The number of nitrogens with zero attached hydrogens (tertiary/aromatic N) is 1. The first-order valence-corrected chi connectivity index (χ1v) is 7.81. The Kier molecular flexibility index (Phi) is 9.78. The monoisotopic (exact) mass is 361 g/mol. The molecule has 0 bridgehead atoms. The zero-order chi connectivity index (χ0) is 15.3. The molecular weight excluding hydrogens is 333 g/mol. The van der Waals surface area contributed by atoms with Crippen LogP contribution in [0.4, 0.5) is 0 Å². The number of amides is 1. The summed E-state index contributed by atoms with van der Waals surface area (Å²) in [7, 11) is 4.06. The lowest BCUT2D eigenvalue weighted by Crippen LogP contribution is -2.55. The van der Waals surface area contributed by atoms with Gasteiger partial charge in [0.05, 0.1) is 11.6 Å². The minimum atomic E-state index is -0.661. The number of hydrogen-bond donors (Lipinski definition) is 2. The van der Waals surface area contributed by atoms with E-state index < -0.39 is 5.54 Å². The molecule has 23 heavy (non-hydrogen) atoms. The first-order chi connectivity index (χ1) is 10.0. The summed E-state index contributed by atoms with van der Waals surface area (Å²) < 4.78 is 0. The van der Waals surface area contributed by atoms with E-state index in [9.17, 15) is 4.79 Å². The summed E-state index contributed by atoms with van der Waals surface area (Å²) in [5, 5.41) is 3.07. The zero-order valence-corrected chi connectivity index (χ0v) is 15.6. The zero-order valence-electron chi connectivity index (χ0n) is 14.0. The van der Waals surface area contributed by atoms with Gasteiger partial charge in [-0.2, -0.15) is 0 Å². The summed E-state index contributed by atoms with van der Waals surface area (Å²) in [6.45, 7) is 0.592. The number of nitrogens with two attached hydrogens (primary N) is 1. The molecule has 1 atom stereocenters. The summed E-state index contributed by atoms with van der Waals surface area (Å²) in [5.41, 5.74) is 6.82. The number of carbonyl (C=O) groups excluding carboxylic acids is 1. The van der Waals surface area contributed by atoms with Gasteiger partial charge in [0, 0.05) is 6.54 Å². The van der Waals surface area contributed by atoms with Gasteiger partial charge < -0.3 is 16.0 Å². The Morgan fingerprint density at radius 1 is 1.17 bits per heavy atom. The van der Waals surface area contributed by atoms with Crippen molar-refractivity contribution in [2.45, 2.75) is 43.7 Å². The lowest BCUT2D eigenvalue weighted by Gasteiger charge is -2.33. The van der Waals surface area contributed by atoms with Crippen molar-refractivity contribution in [3.63, 3.8) is 0 Å². The summed E-state index contributed by atoms with van der Waals surface area (Å²) in [4.78, 5) is 14.5. The molecule has 4 nitrogen and oxygen atoms in total. The number of rotatable bonds is 5. The second kappa shape index (κ2) is 10.1. The van der Waals surface area contributed by atoms with E-state index in [1.807, 2.05) is 32.3 Å². The van der Waals surface area contributed by atoms with Gasteiger partial charge in [-0.1, -0.05) is 49.6 Å².